The molecule has 2 fully saturated rings. The number of hydrogen-bond acceptors (Lipinski definition) is 3. The SMILES string of the molecule is C=CC(=O)N1CCCC(C(=O)N2CCC(C(=O)Nc3ccc(Cl)c(Cl)c3)CC2)C1. The van der Waals surface area contributed by atoms with Crippen molar-refractivity contribution in [3.8, 4) is 0 Å². The molecule has 0 saturated carbocycles. The van der Waals surface area contributed by atoms with E-state index in [1.807, 2.05) is 4.90 Å². The second-order valence-corrected chi connectivity index (χ2v) is 8.36. The van der Waals surface area contributed by atoms with Crippen molar-refractivity contribution in [3.63, 3.8) is 0 Å². The Morgan fingerprint density at radius 3 is 2.38 bits per heavy atom. The topological polar surface area (TPSA) is 69.7 Å². The van der Waals surface area contributed by atoms with E-state index >= 15 is 0 Å². The minimum absolute atomic E-state index is 0.0732. The quantitative estimate of drug-likeness (QED) is 0.731. The van der Waals surface area contributed by atoms with E-state index in [0.29, 0.717) is 54.8 Å². The van der Waals surface area contributed by atoms with E-state index in [2.05, 4.69) is 11.9 Å². The van der Waals surface area contributed by atoms with Crippen molar-refractivity contribution in [2.45, 2.75) is 25.7 Å². The molecule has 6 nitrogen and oxygen atoms in total. The smallest absolute Gasteiger partial charge is 0.245 e. The van der Waals surface area contributed by atoms with Crippen molar-refractivity contribution >= 4 is 46.6 Å². The molecule has 1 N–H and O–H groups in total. The molecule has 1 atom stereocenters. The molecule has 1 aromatic rings. The van der Waals surface area contributed by atoms with Gasteiger partial charge in [0.2, 0.25) is 17.7 Å². The van der Waals surface area contributed by atoms with Crippen molar-refractivity contribution in [3.05, 3.63) is 40.9 Å². The van der Waals surface area contributed by atoms with Gasteiger partial charge in [0.1, 0.15) is 0 Å². The molecule has 0 aliphatic carbocycles. The lowest BCUT2D eigenvalue weighted by Gasteiger charge is -2.37. The standard InChI is InChI=1S/C21H25Cl2N3O3/c1-2-19(27)26-9-3-4-15(13-26)21(29)25-10-7-14(8-11-25)20(28)24-16-5-6-17(22)18(23)12-16/h2,5-6,12,14-15H,1,3-4,7-11,13H2,(H,24,28). The van der Waals surface area contributed by atoms with Gasteiger partial charge in [0.15, 0.2) is 0 Å². The predicted molar refractivity (Wildman–Crippen MR) is 114 cm³/mol. The summed E-state index contributed by atoms with van der Waals surface area (Å²) < 4.78 is 0. The third kappa shape index (κ3) is 5.31. The molecule has 1 aromatic carbocycles. The Kier molecular flexibility index (Phi) is 7.19. The number of halogens is 2. The third-order valence-corrected chi connectivity index (χ3v) is 6.36. The number of piperidine rings is 2. The first-order chi connectivity index (χ1) is 13.9. The van der Waals surface area contributed by atoms with Gasteiger partial charge in [-0.1, -0.05) is 29.8 Å². The zero-order valence-electron chi connectivity index (χ0n) is 16.2. The fourth-order valence-corrected chi connectivity index (χ4v) is 4.24. The summed E-state index contributed by atoms with van der Waals surface area (Å²) in [5, 5.41) is 3.70. The molecule has 2 aliphatic heterocycles. The Labute approximate surface area is 180 Å². The van der Waals surface area contributed by atoms with Crippen LogP contribution < -0.4 is 5.32 Å². The molecule has 3 amide bonds. The van der Waals surface area contributed by atoms with Crippen LogP contribution in [0, 0.1) is 11.8 Å². The third-order valence-electron chi connectivity index (χ3n) is 5.62. The lowest BCUT2D eigenvalue weighted by atomic mass is 9.92. The van der Waals surface area contributed by atoms with Crippen LogP contribution in [0.1, 0.15) is 25.7 Å². The van der Waals surface area contributed by atoms with Crippen LogP contribution in [0.2, 0.25) is 10.0 Å². The van der Waals surface area contributed by atoms with Crippen LogP contribution >= 0.6 is 23.2 Å². The summed E-state index contributed by atoms with van der Waals surface area (Å²) in [6.07, 6.45) is 4.13. The van der Waals surface area contributed by atoms with Crippen molar-refractivity contribution in [1.82, 2.24) is 9.80 Å². The average Bonchev–Trinajstić information content (AvgIpc) is 2.75. The van der Waals surface area contributed by atoms with E-state index in [1.54, 1.807) is 23.1 Å². The van der Waals surface area contributed by atoms with Crippen LogP contribution in [0.15, 0.2) is 30.9 Å². The van der Waals surface area contributed by atoms with Crippen LogP contribution in [0.4, 0.5) is 5.69 Å². The van der Waals surface area contributed by atoms with Crippen molar-refractivity contribution in [2.24, 2.45) is 11.8 Å². The fraction of sp³-hybridized carbons (Fsp3) is 0.476. The lowest BCUT2D eigenvalue weighted by molar-refractivity contribution is -0.141. The van der Waals surface area contributed by atoms with E-state index in [0.717, 1.165) is 12.8 Å². The van der Waals surface area contributed by atoms with Crippen LogP contribution in [0.25, 0.3) is 0 Å². The van der Waals surface area contributed by atoms with Crippen LogP contribution in [-0.2, 0) is 14.4 Å². The number of nitrogens with zero attached hydrogens (tertiary/aromatic N) is 2. The summed E-state index contributed by atoms with van der Waals surface area (Å²) in [5.74, 6) is -0.445. The van der Waals surface area contributed by atoms with Crippen molar-refractivity contribution in [2.75, 3.05) is 31.5 Å². The summed E-state index contributed by atoms with van der Waals surface area (Å²) in [7, 11) is 0. The summed E-state index contributed by atoms with van der Waals surface area (Å²) in [5.41, 5.74) is 0.608. The van der Waals surface area contributed by atoms with Gasteiger partial charge < -0.3 is 15.1 Å². The van der Waals surface area contributed by atoms with Crippen LogP contribution in [0.5, 0.6) is 0 Å². The number of rotatable bonds is 4. The van der Waals surface area contributed by atoms with Crippen molar-refractivity contribution < 1.29 is 14.4 Å². The maximum Gasteiger partial charge on any atom is 0.245 e. The minimum atomic E-state index is -0.172. The predicted octanol–water partition coefficient (Wildman–Crippen LogP) is 3.60. The number of nitrogens with one attached hydrogen (secondary N) is 1. The number of carbonyl (C=O) groups excluding carboxylic acids is 3. The van der Waals surface area contributed by atoms with Gasteiger partial charge in [-0.05, 0) is 50.0 Å². The van der Waals surface area contributed by atoms with Crippen molar-refractivity contribution in [1.29, 1.82) is 0 Å². The van der Waals surface area contributed by atoms with Crippen LogP contribution in [-0.4, -0.2) is 53.7 Å². The molecule has 29 heavy (non-hydrogen) atoms. The van der Waals surface area contributed by atoms with Crippen LogP contribution in [0.3, 0.4) is 0 Å². The maximum absolute atomic E-state index is 12.9. The zero-order chi connectivity index (χ0) is 21.0. The summed E-state index contributed by atoms with van der Waals surface area (Å²) in [6, 6.07) is 4.98. The van der Waals surface area contributed by atoms with Gasteiger partial charge in [-0.15, -0.1) is 0 Å². The van der Waals surface area contributed by atoms with Gasteiger partial charge in [0.25, 0.3) is 0 Å². The van der Waals surface area contributed by atoms with Gasteiger partial charge >= 0.3 is 0 Å². The number of benzene rings is 1. The highest BCUT2D eigenvalue weighted by Crippen LogP contribution is 2.27. The Morgan fingerprint density at radius 1 is 1.00 bits per heavy atom. The van der Waals surface area contributed by atoms with Gasteiger partial charge in [-0.2, -0.15) is 0 Å². The molecular weight excluding hydrogens is 413 g/mol. The molecular formula is C21H25Cl2N3O3. The van der Waals surface area contributed by atoms with Gasteiger partial charge in [-0.25, -0.2) is 0 Å². The highest BCUT2D eigenvalue weighted by molar-refractivity contribution is 6.42. The number of amides is 3. The highest BCUT2D eigenvalue weighted by Gasteiger charge is 2.33. The van der Waals surface area contributed by atoms with E-state index in [-0.39, 0.29) is 29.6 Å². The Bertz CT molecular complexity index is 806. The Balaban J connectivity index is 1.51. The van der Waals surface area contributed by atoms with E-state index in [9.17, 15) is 14.4 Å². The summed E-state index contributed by atoms with van der Waals surface area (Å²) >= 11 is 11.9. The van der Waals surface area contributed by atoms with Gasteiger partial charge in [0.05, 0.1) is 16.0 Å². The molecule has 1 unspecified atom stereocenters. The number of anilines is 1. The first-order valence-corrected chi connectivity index (χ1v) is 10.6. The fourth-order valence-electron chi connectivity index (χ4n) is 3.95. The molecule has 156 valence electrons. The van der Waals surface area contributed by atoms with Gasteiger partial charge in [-0.3, -0.25) is 14.4 Å². The molecule has 2 saturated heterocycles. The Hall–Kier alpha value is -2.05. The monoisotopic (exact) mass is 437 g/mol. The number of hydrogen-bond donors (Lipinski definition) is 1. The molecule has 0 bridgehead atoms. The number of likely N-dealkylation sites (tertiary alicyclic amines) is 2. The second-order valence-electron chi connectivity index (χ2n) is 7.55. The molecule has 2 aliphatic rings. The first kappa shape index (κ1) is 21.7. The van der Waals surface area contributed by atoms with Gasteiger partial charge in [0, 0.05) is 37.8 Å². The minimum Gasteiger partial charge on any atom is -0.342 e. The van der Waals surface area contributed by atoms with E-state index in [4.69, 9.17) is 23.2 Å². The second kappa shape index (κ2) is 9.63. The molecule has 0 spiro atoms. The summed E-state index contributed by atoms with van der Waals surface area (Å²) in [6.45, 7) is 5.73. The molecule has 0 aromatic heterocycles. The molecule has 3 rings (SSSR count). The lowest BCUT2D eigenvalue weighted by Crippen LogP contribution is -2.49. The molecule has 8 heteroatoms. The largest absolute Gasteiger partial charge is 0.342 e. The Morgan fingerprint density at radius 2 is 1.72 bits per heavy atom. The average molecular weight is 438 g/mol. The zero-order valence-corrected chi connectivity index (χ0v) is 17.7. The molecule has 2 heterocycles. The summed E-state index contributed by atoms with van der Waals surface area (Å²) in [4.78, 5) is 40.8. The highest BCUT2D eigenvalue weighted by atomic mass is 35.5. The first-order valence-electron chi connectivity index (χ1n) is 9.85. The normalized spacial score (nSPS) is 20.3. The molecule has 0 radical (unpaired) electrons. The van der Waals surface area contributed by atoms with E-state index < -0.39 is 0 Å². The number of carbonyl (C=O) groups is 3. The van der Waals surface area contributed by atoms with E-state index in [1.165, 1.54) is 6.08 Å². The maximum atomic E-state index is 12.9.